The van der Waals surface area contributed by atoms with Crippen molar-refractivity contribution in [2.45, 2.75) is 71.8 Å². The van der Waals surface area contributed by atoms with Crippen LogP contribution in [-0.2, 0) is 13.0 Å². The van der Waals surface area contributed by atoms with Gasteiger partial charge in [0.1, 0.15) is 0 Å². The zero-order valence-corrected chi connectivity index (χ0v) is 10.8. The first-order valence-electron chi connectivity index (χ1n) is 6.75. The van der Waals surface area contributed by atoms with Gasteiger partial charge in [-0.05, 0) is 19.3 Å². The van der Waals surface area contributed by atoms with Gasteiger partial charge in [0.05, 0.1) is 11.9 Å². The topological polar surface area (TPSA) is 30.7 Å². The minimum absolute atomic E-state index is 1.04. The van der Waals surface area contributed by atoms with E-state index in [0.29, 0.717) is 0 Å². The summed E-state index contributed by atoms with van der Waals surface area (Å²) in [6, 6.07) is 0. The molecule has 0 saturated heterocycles. The summed E-state index contributed by atoms with van der Waals surface area (Å²) >= 11 is 0. The van der Waals surface area contributed by atoms with Crippen LogP contribution < -0.4 is 0 Å². The Labute approximate surface area is 99.2 Å². The van der Waals surface area contributed by atoms with Gasteiger partial charge in [-0.2, -0.15) is 0 Å². The summed E-state index contributed by atoms with van der Waals surface area (Å²) in [7, 11) is 0. The maximum Gasteiger partial charge on any atom is 0.0725 e. The summed E-state index contributed by atoms with van der Waals surface area (Å²) in [5, 5.41) is 8.17. The van der Waals surface area contributed by atoms with E-state index in [1.54, 1.807) is 0 Å². The van der Waals surface area contributed by atoms with Gasteiger partial charge in [-0.25, -0.2) is 4.68 Å². The van der Waals surface area contributed by atoms with Crippen molar-refractivity contribution < 1.29 is 0 Å². The van der Waals surface area contributed by atoms with E-state index in [2.05, 4.69) is 28.8 Å². The van der Waals surface area contributed by atoms with Gasteiger partial charge in [0.2, 0.25) is 0 Å². The average molecular weight is 223 g/mol. The van der Waals surface area contributed by atoms with Crippen LogP contribution in [0.1, 0.15) is 64.5 Å². The number of unbranched alkanes of at least 4 members (excludes halogenated alkanes) is 5. The molecule has 3 heteroatoms. The SMILES string of the molecule is CCCCCCn1nncc1CCCCC. The molecule has 0 N–H and O–H groups in total. The van der Waals surface area contributed by atoms with Gasteiger partial charge in [0, 0.05) is 6.54 Å². The predicted octanol–water partition coefficient (Wildman–Crippen LogP) is 3.59. The van der Waals surface area contributed by atoms with E-state index in [-0.39, 0.29) is 0 Å². The summed E-state index contributed by atoms with van der Waals surface area (Å²) in [6.45, 7) is 5.52. The number of aromatic nitrogens is 3. The molecule has 0 radical (unpaired) electrons. The quantitative estimate of drug-likeness (QED) is 0.599. The Hall–Kier alpha value is -0.860. The van der Waals surface area contributed by atoms with Crippen LogP contribution in [0.5, 0.6) is 0 Å². The molecule has 0 unspecified atom stereocenters. The monoisotopic (exact) mass is 223 g/mol. The lowest BCUT2D eigenvalue weighted by Crippen LogP contribution is -2.05. The lowest BCUT2D eigenvalue weighted by atomic mass is 10.1. The molecule has 0 aliphatic rings. The van der Waals surface area contributed by atoms with Gasteiger partial charge in [0.25, 0.3) is 0 Å². The van der Waals surface area contributed by atoms with Gasteiger partial charge < -0.3 is 0 Å². The van der Waals surface area contributed by atoms with Gasteiger partial charge in [-0.15, -0.1) is 5.10 Å². The number of hydrogen-bond acceptors (Lipinski definition) is 2. The Morgan fingerprint density at radius 3 is 2.50 bits per heavy atom. The van der Waals surface area contributed by atoms with Crippen LogP contribution in [0, 0.1) is 0 Å². The third kappa shape index (κ3) is 4.77. The van der Waals surface area contributed by atoms with E-state index < -0.39 is 0 Å². The normalized spacial score (nSPS) is 10.9. The molecule has 0 spiro atoms. The fourth-order valence-electron chi connectivity index (χ4n) is 1.91. The van der Waals surface area contributed by atoms with Crippen molar-refractivity contribution >= 4 is 0 Å². The fraction of sp³-hybridized carbons (Fsp3) is 0.846. The first-order valence-corrected chi connectivity index (χ1v) is 6.75. The fourth-order valence-corrected chi connectivity index (χ4v) is 1.91. The lowest BCUT2D eigenvalue weighted by Gasteiger charge is -2.05. The highest BCUT2D eigenvalue weighted by Crippen LogP contribution is 2.07. The van der Waals surface area contributed by atoms with Crippen molar-refractivity contribution in [1.29, 1.82) is 0 Å². The molecule has 92 valence electrons. The maximum atomic E-state index is 4.16. The molecule has 0 fully saturated rings. The standard InChI is InChI=1S/C13H25N3/c1-3-5-7-9-11-16-13(12-14-15-16)10-8-6-4-2/h12H,3-11H2,1-2H3. The molecule has 1 heterocycles. The molecule has 0 aliphatic heterocycles. The molecule has 0 atom stereocenters. The van der Waals surface area contributed by atoms with Crippen LogP contribution in [0.15, 0.2) is 6.20 Å². The Balaban J connectivity index is 2.26. The molecule has 1 aromatic heterocycles. The second-order valence-electron chi connectivity index (χ2n) is 4.47. The summed E-state index contributed by atoms with van der Waals surface area (Å²) in [5.74, 6) is 0. The van der Waals surface area contributed by atoms with Crippen LogP contribution in [0.4, 0.5) is 0 Å². The zero-order chi connectivity index (χ0) is 11.6. The van der Waals surface area contributed by atoms with E-state index in [0.717, 1.165) is 13.0 Å². The Kier molecular flexibility index (Phi) is 6.86. The van der Waals surface area contributed by atoms with E-state index in [4.69, 9.17) is 0 Å². The van der Waals surface area contributed by atoms with Crippen molar-refractivity contribution in [1.82, 2.24) is 15.0 Å². The first-order chi connectivity index (χ1) is 7.88. The van der Waals surface area contributed by atoms with Crippen molar-refractivity contribution in [3.8, 4) is 0 Å². The minimum atomic E-state index is 1.04. The van der Waals surface area contributed by atoms with Crippen molar-refractivity contribution in [3.63, 3.8) is 0 Å². The third-order valence-corrected chi connectivity index (χ3v) is 2.96. The second-order valence-corrected chi connectivity index (χ2v) is 4.47. The third-order valence-electron chi connectivity index (χ3n) is 2.96. The molecule has 0 aliphatic carbocycles. The first kappa shape index (κ1) is 13.2. The van der Waals surface area contributed by atoms with Gasteiger partial charge in [0.15, 0.2) is 0 Å². The lowest BCUT2D eigenvalue weighted by molar-refractivity contribution is 0.507. The molecular weight excluding hydrogens is 198 g/mol. The molecule has 3 nitrogen and oxygen atoms in total. The molecule has 0 saturated carbocycles. The number of hydrogen-bond donors (Lipinski definition) is 0. The van der Waals surface area contributed by atoms with Crippen molar-refractivity contribution in [2.75, 3.05) is 0 Å². The minimum Gasteiger partial charge on any atom is -0.249 e. The Morgan fingerprint density at radius 2 is 1.75 bits per heavy atom. The Bertz CT molecular complexity index is 268. The molecule has 0 amide bonds. The number of rotatable bonds is 9. The summed E-state index contributed by atoms with van der Waals surface area (Å²) in [4.78, 5) is 0. The van der Waals surface area contributed by atoms with Gasteiger partial charge in [-0.3, -0.25) is 0 Å². The maximum absolute atomic E-state index is 4.16. The summed E-state index contributed by atoms with van der Waals surface area (Å²) < 4.78 is 2.09. The summed E-state index contributed by atoms with van der Waals surface area (Å²) in [5.41, 5.74) is 1.31. The number of nitrogens with zero attached hydrogens (tertiary/aromatic N) is 3. The molecule has 1 aromatic rings. The van der Waals surface area contributed by atoms with Gasteiger partial charge in [-0.1, -0.05) is 51.2 Å². The molecule has 0 bridgehead atoms. The van der Waals surface area contributed by atoms with Gasteiger partial charge >= 0.3 is 0 Å². The largest absolute Gasteiger partial charge is 0.249 e. The van der Waals surface area contributed by atoms with Crippen LogP contribution in [-0.4, -0.2) is 15.0 Å². The highest BCUT2D eigenvalue weighted by molar-refractivity contribution is 4.93. The van der Waals surface area contributed by atoms with Crippen LogP contribution >= 0.6 is 0 Å². The molecule has 1 rings (SSSR count). The molecular formula is C13H25N3. The predicted molar refractivity (Wildman–Crippen MR) is 67.4 cm³/mol. The summed E-state index contributed by atoms with van der Waals surface area (Å²) in [6.07, 6.45) is 12.1. The highest BCUT2D eigenvalue weighted by atomic mass is 15.4. The smallest absolute Gasteiger partial charge is 0.0725 e. The van der Waals surface area contributed by atoms with Crippen LogP contribution in [0.3, 0.4) is 0 Å². The van der Waals surface area contributed by atoms with Crippen LogP contribution in [0.25, 0.3) is 0 Å². The Morgan fingerprint density at radius 1 is 1.00 bits per heavy atom. The van der Waals surface area contributed by atoms with Crippen LogP contribution in [0.2, 0.25) is 0 Å². The molecule has 0 aromatic carbocycles. The van der Waals surface area contributed by atoms with E-state index in [1.807, 2.05) is 6.20 Å². The van der Waals surface area contributed by atoms with E-state index >= 15 is 0 Å². The van der Waals surface area contributed by atoms with E-state index in [9.17, 15) is 0 Å². The zero-order valence-electron chi connectivity index (χ0n) is 10.8. The highest BCUT2D eigenvalue weighted by Gasteiger charge is 2.02. The van der Waals surface area contributed by atoms with E-state index in [1.165, 1.54) is 50.6 Å². The second kappa shape index (κ2) is 8.31. The number of aryl methyl sites for hydroxylation is 2. The van der Waals surface area contributed by atoms with Crippen molar-refractivity contribution in [2.24, 2.45) is 0 Å². The average Bonchev–Trinajstić information content (AvgIpc) is 2.73. The van der Waals surface area contributed by atoms with Crippen molar-refractivity contribution in [3.05, 3.63) is 11.9 Å². The molecule has 16 heavy (non-hydrogen) atoms.